The lowest BCUT2D eigenvalue weighted by Gasteiger charge is -2.15. The summed E-state index contributed by atoms with van der Waals surface area (Å²) in [7, 11) is -3.50. The summed E-state index contributed by atoms with van der Waals surface area (Å²) in [6.07, 6.45) is 1.84. The molecule has 0 radical (unpaired) electrons. The van der Waals surface area contributed by atoms with Gasteiger partial charge < -0.3 is 15.4 Å². The largest absolute Gasteiger partial charge is 0.505 e. The summed E-state index contributed by atoms with van der Waals surface area (Å²) in [6, 6.07) is 7.47. The molecule has 0 aliphatic carbocycles. The molecule has 3 rings (SSSR count). The van der Waals surface area contributed by atoms with Gasteiger partial charge in [-0.3, -0.25) is 14.6 Å². The van der Waals surface area contributed by atoms with E-state index in [1.165, 1.54) is 25.3 Å². The van der Waals surface area contributed by atoms with E-state index < -0.39 is 32.8 Å². The summed E-state index contributed by atoms with van der Waals surface area (Å²) in [5, 5.41) is 10.4. The third-order valence-corrected chi connectivity index (χ3v) is 6.14. The number of benzene rings is 1. The lowest BCUT2D eigenvalue weighted by Crippen LogP contribution is -2.35. The van der Waals surface area contributed by atoms with Crippen molar-refractivity contribution in [2.45, 2.75) is 19.9 Å². The Bertz CT molecular complexity index is 1300. The number of carbonyl (C=O) groups is 1. The van der Waals surface area contributed by atoms with Gasteiger partial charge in [-0.05, 0) is 42.7 Å². The standard InChI is InChI=1S/C20H21FN4O5S/c1-2-31(29,30)24-7-8-25-15-10-13(9-12-3-5-14(21)6-4-12)11-23-17(15)18(26)16(19(22)27)20(25)28/h3-6,10-11,24,26H,2,7-9H2,1H3,(H2,22,27). The third kappa shape index (κ3) is 4.89. The average molecular weight is 448 g/mol. The molecule has 3 aromatic rings. The number of hydrogen-bond acceptors (Lipinski definition) is 6. The van der Waals surface area contributed by atoms with E-state index in [-0.39, 0.29) is 35.7 Å². The quantitative estimate of drug-likeness (QED) is 0.466. The van der Waals surface area contributed by atoms with Crippen LogP contribution in [-0.2, 0) is 23.0 Å². The Balaban J connectivity index is 2.09. The van der Waals surface area contributed by atoms with E-state index in [2.05, 4.69) is 9.71 Å². The van der Waals surface area contributed by atoms with Gasteiger partial charge in [0, 0.05) is 19.3 Å². The zero-order chi connectivity index (χ0) is 22.8. The molecule has 9 nitrogen and oxygen atoms in total. The Morgan fingerprint density at radius 1 is 1.26 bits per heavy atom. The van der Waals surface area contributed by atoms with E-state index in [9.17, 15) is 27.5 Å². The van der Waals surface area contributed by atoms with Crippen LogP contribution in [-0.4, -0.2) is 41.3 Å². The van der Waals surface area contributed by atoms with Gasteiger partial charge in [0.05, 0.1) is 11.3 Å². The summed E-state index contributed by atoms with van der Waals surface area (Å²) >= 11 is 0. The lowest BCUT2D eigenvalue weighted by atomic mass is 10.1. The van der Waals surface area contributed by atoms with Crippen molar-refractivity contribution in [2.75, 3.05) is 12.3 Å². The van der Waals surface area contributed by atoms with Crippen LogP contribution in [0.4, 0.5) is 4.39 Å². The normalized spacial score (nSPS) is 11.7. The van der Waals surface area contributed by atoms with E-state index in [0.717, 1.165) is 10.1 Å². The zero-order valence-electron chi connectivity index (χ0n) is 16.6. The number of nitrogens with zero attached hydrogens (tertiary/aromatic N) is 2. The lowest BCUT2D eigenvalue weighted by molar-refractivity contribution is 0.0996. The molecule has 164 valence electrons. The van der Waals surface area contributed by atoms with Crippen molar-refractivity contribution in [3.05, 3.63) is 69.4 Å². The van der Waals surface area contributed by atoms with Crippen molar-refractivity contribution < 1.29 is 22.7 Å². The summed E-state index contributed by atoms with van der Waals surface area (Å²) in [4.78, 5) is 28.7. The summed E-state index contributed by atoms with van der Waals surface area (Å²) in [6.45, 7) is 1.24. The van der Waals surface area contributed by atoms with Gasteiger partial charge in [-0.2, -0.15) is 0 Å². The highest BCUT2D eigenvalue weighted by Crippen LogP contribution is 2.25. The number of nitrogens with two attached hydrogens (primary N) is 1. The Hall–Kier alpha value is -3.31. The number of hydrogen-bond donors (Lipinski definition) is 3. The van der Waals surface area contributed by atoms with Crippen LogP contribution in [0.15, 0.2) is 41.3 Å². The molecular formula is C20H21FN4O5S. The molecule has 0 spiro atoms. The molecule has 0 atom stereocenters. The molecule has 1 aromatic carbocycles. The van der Waals surface area contributed by atoms with Crippen molar-refractivity contribution >= 4 is 27.0 Å². The molecular weight excluding hydrogens is 427 g/mol. The number of carbonyl (C=O) groups excluding carboxylic acids is 1. The fourth-order valence-corrected chi connectivity index (χ4v) is 3.75. The Morgan fingerprint density at radius 3 is 2.55 bits per heavy atom. The Kier molecular flexibility index (Phi) is 6.37. The number of fused-ring (bicyclic) bond motifs is 1. The number of aromatic nitrogens is 2. The second kappa shape index (κ2) is 8.82. The molecule has 0 saturated heterocycles. The van der Waals surface area contributed by atoms with Crippen molar-refractivity contribution in [1.82, 2.24) is 14.3 Å². The summed E-state index contributed by atoms with van der Waals surface area (Å²) in [5.41, 5.74) is 5.43. The summed E-state index contributed by atoms with van der Waals surface area (Å²) < 4.78 is 40.0. The number of pyridine rings is 2. The molecule has 0 bridgehead atoms. The molecule has 2 aromatic heterocycles. The number of sulfonamides is 1. The van der Waals surface area contributed by atoms with Crippen molar-refractivity contribution in [3.63, 3.8) is 0 Å². The predicted molar refractivity (Wildman–Crippen MR) is 113 cm³/mol. The SMILES string of the molecule is CCS(=O)(=O)NCCn1c(=O)c(C(N)=O)c(O)c2ncc(Cc3ccc(F)cc3)cc21. The third-order valence-electron chi connectivity index (χ3n) is 4.74. The number of amides is 1. The van der Waals surface area contributed by atoms with Crippen LogP contribution < -0.4 is 16.0 Å². The highest BCUT2D eigenvalue weighted by molar-refractivity contribution is 7.89. The maximum absolute atomic E-state index is 13.1. The van der Waals surface area contributed by atoms with Crippen LogP contribution >= 0.6 is 0 Å². The van der Waals surface area contributed by atoms with E-state index >= 15 is 0 Å². The first-order valence-electron chi connectivity index (χ1n) is 9.39. The first-order chi connectivity index (χ1) is 14.6. The first kappa shape index (κ1) is 22.4. The van der Waals surface area contributed by atoms with Gasteiger partial charge in [-0.25, -0.2) is 17.5 Å². The number of primary amides is 1. The second-order valence-electron chi connectivity index (χ2n) is 6.86. The maximum Gasteiger partial charge on any atom is 0.267 e. The van der Waals surface area contributed by atoms with Crippen LogP contribution in [0, 0.1) is 5.82 Å². The minimum absolute atomic E-state index is 0.0189. The van der Waals surface area contributed by atoms with Crippen LogP contribution in [0.1, 0.15) is 28.4 Å². The molecule has 0 unspecified atom stereocenters. The summed E-state index contributed by atoms with van der Waals surface area (Å²) in [5.74, 6) is -2.25. The smallest absolute Gasteiger partial charge is 0.267 e. The Morgan fingerprint density at radius 2 is 1.94 bits per heavy atom. The van der Waals surface area contributed by atoms with Crippen molar-refractivity contribution in [3.8, 4) is 5.75 Å². The molecule has 31 heavy (non-hydrogen) atoms. The van der Waals surface area contributed by atoms with Crippen molar-refractivity contribution in [2.24, 2.45) is 5.73 Å². The molecule has 0 saturated carbocycles. The van der Waals surface area contributed by atoms with Gasteiger partial charge in [0.15, 0.2) is 5.75 Å². The minimum atomic E-state index is -3.50. The second-order valence-corrected chi connectivity index (χ2v) is 8.95. The molecule has 0 fully saturated rings. The van der Waals surface area contributed by atoms with Crippen LogP contribution in [0.25, 0.3) is 11.0 Å². The van der Waals surface area contributed by atoms with E-state index in [4.69, 9.17) is 5.73 Å². The van der Waals surface area contributed by atoms with E-state index in [1.807, 2.05) is 0 Å². The first-order valence-corrected chi connectivity index (χ1v) is 11.0. The molecule has 4 N–H and O–H groups in total. The highest BCUT2D eigenvalue weighted by atomic mass is 32.2. The van der Waals surface area contributed by atoms with Crippen LogP contribution in [0.2, 0.25) is 0 Å². The fraction of sp³-hybridized carbons (Fsp3) is 0.250. The van der Waals surface area contributed by atoms with Gasteiger partial charge in [0.1, 0.15) is 16.9 Å². The molecule has 11 heteroatoms. The van der Waals surface area contributed by atoms with Crippen LogP contribution in [0.3, 0.4) is 0 Å². The van der Waals surface area contributed by atoms with Gasteiger partial charge in [-0.15, -0.1) is 0 Å². The predicted octanol–water partition coefficient (Wildman–Crippen LogP) is 0.870. The highest BCUT2D eigenvalue weighted by Gasteiger charge is 2.22. The topological polar surface area (TPSA) is 144 Å². The number of aromatic hydroxyl groups is 1. The molecule has 0 aliphatic heterocycles. The number of halogens is 1. The van der Waals surface area contributed by atoms with Gasteiger partial charge >= 0.3 is 0 Å². The minimum Gasteiger partial charge on any atom is -0.505 e. The Labute approximate surface area is 177 Å². The average Bonchev–Trinajstić information content (AvgIpc) is 2.72. The molecule has 1 amide bonds. The van der Waals surface area contributed by atoms with E-state index in [1.54, 1.807) is 18.2 Å². The zero-order valence-corrected chi connectivity index (χ0v) is 17.4. The maximum atomic E-state index is 13.1. The van der Waals surface area contributed by atoms with Crippen LogP contribution in [0.5, 0.6) is 5.75 Å². The number of nitrogens with one attached hydrogen (secondary N) is 1. The van der Waals surface area contributed by atoms with E-state index in [0.29, 0.717) is 12.0 Å². The number of rotatable bonds is 8. The van der Waals surface area contributed by atoms with Gasteiger partial charge in [-0.1, -0.05) is 12.1 Å². The molecule has 2 heterocycles. The van der Waals surface area contributed by atoms with Gasteiger partial charge in [0.2, 0.25) is 10.0 Å². The van der Waals surface area contributed by atoms with Crippen molar-refractivity contribution in [1.29, 1.82) is 0 Å². The molecule has 0 aliphatic rings. The fourth-order valence-electron chi connectivity index (χ4n) is 3.14. The monoisotopic (exact) mass is 448 g/mol. The van der Waals surface area contributed by atoms with Gasteiger partial charge in [0.25, 0.3) is 11.5 Å².